The summed E-state index contributed by atoms with van der Waals surface area (Å²) in [6.45, 7) is 4.07. The van der Waals surface area contributed by atoms with Crippen molar-refractivity contribution >= 4 is 0 Å². The summed E-state index contributed by atoms with van der Waals surface area (Å²) in [4.78, 5) is 0. The zero-order valence-corrected chi connectivity index (χ0v) is 8.18. The predicted octanol–water partition coefficient (Wildman–Crippen LogP) is 3.31. The number of hydrogen-bond acceptors (Lipinski definition) is 1. The zero-order valence-electron chi connectivity index (χ0n) is 8.18. The van der Waals surface area contributed by atoms with Crippen LogP contribution in [0, 0.1) is 11.6 Å². The molecule has 0 amide bonds. The largest absolute Gasteiger partial charge is 0.486 e. The lowest BCUT2D eigenvalue weighted by atomic mass is 10.3. The van der Waals surface area contributed by atoms with Gasteiger partial charge in [-0.05, 0) is 32.1 Å². The van der Waals surface area contributed by atoms with Gasteiger partial charge in [0.05, 0.1) is 0 Å². The first-order valence-corrected chi connectivity index (χ1v) is 4.31. The SMILES string of the molecule is CC(C)=CCOc1cc(F)ccc1F. The molecule has 0 fully saturated rings. The van der Waals surface area contributed by atoms with Gasteiger partial charge in [-0.1, -0.05) is 5.57 Å². The molecule has 0 aliphatic rings. The van der Waals surface area contributed by atoms with E-state index in [-0.39, 0.29) is 12.4 Å². The lowest BCUT2D eigenvalue weighted by Crippen LogP contribution is -1.97. The summed E-state index contributed by atoms with van der Waals surface area (Å²) >= 11 is 0. The van der Waals surface area contributed by atoms with Crippen molar-refractivity contribution in [2.75, 3.05) is 6.61 Å². The molecule has 0 N–H and O–H groups in total. The van der Waals surface area contributed by atoms with Gasteiger partial charge in [0.25, 0.3) is 0 Å². The smallest absolute Gasteiger partial charge is 0.165 e. The fraction of sp³-hybridized carbons (Fsp3) is 0.273. The molecule has 0 aliphatic heterocycles. The van der Waals surface area contributed by atoms with Crippen LogP contribution in [-0.4, -0.2) is 6.61 Å². The van der Waals surface area contributed by atoms with E-state index in [1.165, 1.54) is 0 Å². The molecule has 1 rings (SSSR count). The normalized spacial score (nSPS) is 9.71. The van der Waals surface area contributed by atoms with Gasteiger partial charge in [-0.2, -0.15) is 0 Å². The Hall–Kier alpha value is -1.38. The Morgan fingerprint density at radius 1 is 1.36 bits per heavy atom. The van der Waals surface area contributed by atoms with Crippen molar-refractivity contribution in [3.05, 3.63) is 41.5 Å². The third-order valence-electron chi connectivity index (χ3n) is 1.62. The van der Waals surface area contributed by atoms with Crippen LogP contribution in [0.25, 0.3) is 0 Å². The van der Waals surface area contributed by atoms with E-state index < -0.39 is 11.6 Å². The molecule has 1 nitrogen and oxygen atoms in total. The molecule has 1 aromatic carbocycles. The molecule has 14 heavy (non-hydrogen) atoms. The fourth-order valence-corrected chi connectivity index (χ4v) is 0.886. The topological polar surface area (TPSA) is 9.23 Å². The third-order valence-corrected chi connectivity index (χ3v) is 1.62. The number of rotatable bonds is 3. The van der Waals surface area contributed by atoms with Crippen LogP contribution in [0.5, 0.6) is 5.75 Å². The summed E-state index contributed by atoms with van der Waals surface area (Å²) in [5.41, 5.74) is 1.07. The van der Waals surface area contributed by atoms with Gasteiger partial charge in [-0.25, -0.2) is 8.78 Å². The molecule has 0 bridgehead atoms. The van der Waals surface area contributed by atoms with Crippen molar-refractivity contribution in [1.82, 2.24) is 0 Å². The third kappa shape index (κ3) is 3.17. The molecule has 0 saturated heterocycles. The summed E-state index contributed by atoms with van der Waals surface area (Å²) in [6, 6.07) is 3.14. The molecule has 76 valence electrons. The lowest BCUT2D eigenvalue weighted by molar-refractivity contribution is 0.338. The molecule has 0 spiro atoms. The molecule has 0 aliphatic carbocycles. The van der Waals surface area contributed by atoms with E-state index in [9.17, 15) is 8.78 Å². The second-order valence-corrected chi connectivity index (χ2v) is 3.17. The van der Waals surface area contributed by atoms with Crippen LogP contribution in [0.4, 0.5) is 8.78 Å². The first-order chi connectivity index (χ1) is 6.59. The minimum atomic E-state index is -0.548. The van der Waals surface area contributed by atoms with E-state index in [0.29, 0.717) is 0 Å². The summed E-state index contributed by atoms with van der Waals surface area (Å²) in [5.74, 6) is -1.10. The van der Waals surface area contributed by atoms with Crippen molar-refractivity contribution in [3.8, 4) is 5.75 Å². The summed E-state index contributed by atoms with van der Waals surface area (Å²) < 4.78 is 30.7. The maximum atomic E-state index is 13.0. The number of hydrogen-bond donors (Lipinski definition) is 0. The average Bonchev–Trinajstić information content (AvgIpc) is 2.10. The highest BCUT2D eigenvalue weighted by atomic mass is 19.1. The predicted molar refractivity (Wildman–Crippen MR) is 51.3 cm³/mol. The van der Waals surface area contributed by atoms with E-state index in [1.807, 2.05) is 13.8 Å². The lowest BCUT2D eigenvalue weighted by Gasteiger charge is -2.04. The van der Waals surface area contributed by atoms with Gasteiger partial charge in [0.15, 0.2) is 11.6 Å². The minimum Gasteiger partial charge on any atom is -0.486 e. The van der Waals surface area contributed by atoms with Crippen LogP contribution in [0.15, 0.2) is 29.8 Å². The van der Waals surface area contributed by atoms with Gasteiger partial charge in [0.2, 0.25) is 0 Å². The Morgan fingerprint density at radius 3 is 2.71 bits per heavy atom. The molecule has 1 aromatic rings. The molecule has 3 heteroatoms. The monoisotopic (exact) mass is 198 g/mol. The molecule has 0 saturated carbocycles. The van der Waals surface area contributed by atoms with Crippen LogP contribution in [0.1, 0.15) is 13.8 Å². The van der Waals surface area contributed by atoms with Gasteiger partial charge in [-0.3, -0.25) is 0 Å². The Morgan fingerprint density at radius 2 is 2.07 bits per heavy atom. The van der Waals surface area contributed by atoms with Gasteiger partial charge >= 0.3 is 0 Å². The van der Waals surface area contributed by atoms with Crippen LogP contribution < -0.4 is 4.74 Å². The van der Waals surface area contributed by atoms with Crippen LogP contribution >= 0.6 is 0 Å². The van der Waals surface area contributed by atoms with Crippen LogP contribution in [-0.2, 0) is 0 Å². The molecule has 0 aromatic heterocycles. The first-order valence-electron chi connectivity index (χ1n) is 4.31. The van der Waals surface area contributed by atoms with Gasteiger partial charge in [0, 0.05) is 6.07 Å². The minimum absolute atomic E-state index is 0.0532. The van der Waals surface area contributed by atoms with Crippen molar-refractivity contribution < 1.29 is 13.5 Å². The van der Waals surface area contributed by atoms with Crippen molar-refractivity contribution in [3.63, 3.8) is 0 Å². The van der Waals surface area contributed by atoms with E-state index >= 15 is 0 Å². The maximum Gasteiger partial charge on any atom is 0.165 e. The number of allylic oxidation sites excluding steroid dienone is 1. The molecule has 0 heterocycles. The molecular formula is C11H12F2O. The zero-order chi connectivity index (χ0) is 10.6. The fourth-order valence-electron chi connectivity index (χ4n) is 0.886. The highest BCUT2D eigenvalue weighted by Gasteiger charge is 2.03. The second-order valence-electron chi connectivity index (χ2n) is 3.17. The average molecular weight is 198 g/mol. The summed E-state index contributed by atoms with van der Waals surface area (Å²) in [6.07, 6.45) is 1.80. The Labute approximate surface area is 82.0 Å². The number of halogens is 2. The number of benzene rings is 1. The molecule has 0 radical (unpaired) electrons. The van der Waals surface area contributed by atoms with Crippen molar-refractivity contribution in [2.45, 2.75) is 13.8 Å². The molecule has 0 atom stereocenters. The Balaban J connectivity index is 2.67. The van der Waals surface area contributed by atoms with E-state index in [0.717, 1.165) is 23.8 Å². The highest BCUT2D eigenvalue weighted by molar-refractivity contribution is 5.25. The van der Waals surface area contributed by atoms with Gasteiger partial charge < -0.3 is 4.74 Å². The maximum absolute atomic E-state index is 13.0. The Kier molecular flexibility index (Phi) is 3.63. The van der Waals surface area contributed by atoms with Crippen molar-refractivity contribution in [1.29, 1.82) is 0 Å². The van der Waals surface area contributed by atoms with Crippen LogP contribution in [0.2, 0.25) is 0 Å². The Bertz CT molecular complexity index is 341. The standard InChI is InChI=1S/C11H12F2O/c1-8(2)5-6-14-11-7-9(12)3-4-10(11)13/h3-5,7H,6H2,1-2H3. The van der Waals surface area contributed by atoms with E-state index in [1.54, 1.807) is 6.08 Å². The van der Waals surface area contributed by atoms with E-state index in [4.69, 9.17) is 4.74 Å². The van der Waals surface area contributed by atoms with Gasteiger partial charge in [0.1, 0.15) is 12.4 Å². The molecule has 0 unspecified atom stereocenters. The highest BCUT2D eigenvalue weighted by Crippen LogP contribution is 2.17. The van der Waals surface area contributed by atoms with E-state index in [2.05, 4.69) is 0 Å². The second kappa shape index (κ2) is 4.74. The number of ether oxygens (including phenoxy) is 1. The summed E-state index contributed by atoms with van der Waals surface area (Å²) in [7, 11) is 0. The molecular weight excluding hydrogens is 186 g/mol. The summed E-state index contributed by atoms with van der Waals surface area (Å²) in [5, 5.41) is 0. The van der Waals surface area contributed by atoms with Crippen LogP contribution in [0.3, 0.4) is 0 Å². The van der Waals surface area contributed by atoms with Crippen molar-refractivity contribution in [2.24, 2.45) is 0 Å². The van der Waals surface area contributed by atoms with Gasteiger partial charge in [-0.15, -0.1) is 0 Å². The quantitative estimate of drug-likeness (QED) is 0.677. The first kappa shape index (κ1) is 10.7.